The molecule has 3 aromatic heterocycles. The predicted octanol–water partition coefficient (Wildman–Crippen LogP) is -1.89. The van der Waals surface area contributed by atoms with Crippen LogP contribution < -0.4 is 33.3 Å². The van der Waals surface area contributed by atoms with Crippen LogP contribution in [0.1, 0.15) is 5.56 Å². The number of rotatable bonds is 22. The van der Waals surface area contributed by atoms with Gasteiger partial charge in [0.05, 0.1) is 35.2 Å². The molecule has 0 saturated heterocycles. The number of carbonyl (C=O) groups is 6. The van der Waals surface area contributed by atoms with Crippen LogP contribution >= 0.6 is 12.6 Å². The highest BCUT2D eigenvalue weighted by Crippen LogP contribution is 2.23. The molecule has 67 heavy (non-hydrogen) atoms. The minimum absolute atomic E-state index is 0.00548. The number of fused-ring (bicyclic) bond motifs is 2. The Morgan fingerprint density at radius 2 is 1.16 bits per heavy atom. The van der Waals surface area contributed by atoms with Crippen LogP contribution in [0.15, 0.2) is 76.7 Å². The first-order chi connectivity index (χ1) is 32.0. The third kappa shape index (κ3) is 13.6. The summed E-state index contributed by atoms with van der Waals surface area (Å²) in [4.78, 5) is 131. The second kappa shape index (κ2) is 23.0. The second-order valence-corrected chi connectivity index (χ2v) is 15.0. The lowest BCUT2D eigenvalue weighted by molar-refractivity contribution is -0.384. The number of H-pyrrole nitrogens is 1. The molecule has 0 aliphatic rings. The molecule has 6 amide bonds. The Morgan fingerprint density at radius 1 is 0.701 bits per heavy atom. The topological polar surface area (TPSA) is 339 Å². The van der Waals surface area contributed by atoms with Gasteiger partial charge in [-0.3, -0.25) is 63.3 Å². The minimum Gasteiger partial charge on any atom is -0.368 e. The van der Waals surface area contributed by atoms with Gasteiger partial charge in [0, 0.05) is 104 Å². The molecule has 2 aromatic carbocycles. The number of carbonyl (C=O) groups excluding carboxylic acids is 6. The third-order valence-electron chi connectivity index (χ3n) is 10.0. The number of non-ortho nitro benzene ring substituents is 2. The summed E-state index contributed by atoms with van der Waals surface area (Å²) in [6, 6.07) is 11.5. The Balaban J connectivity index is 1.23. The minimum atomic E-state index is -0.945. The zero-order valence-corrected chi connectivity index (χ0v) is 36.5. The number of nitrogens with two attached hydrogens (primary N) is 2. The first kappa shape index (κ1) is 49.7. The van der Waals surface area contributed by atoms with Gasteiger partial charge in [0.25, 0.3) is 16.9 Å². The van der Waals surface area contributed by atoms with E-state index in [0.29, 0.717) is 21.8 Å². The summed E-state index contributed by atoms with van der Waals surface area (Å²) in [5, 5.41) is 28.6. The molecule has 0 aliphatic carbocycles. The molecule has 0 atom stereocenters. The second-order valence-electron chi connectivity index (χ2n) is 14.7. The van der Waals surface area contributed by atoms with E-state index in [-0.39, 0.29) is 75.0 Å². The Bertz CT molecular complexity index is 2910. The number of aromatic amines is 1. The first-order valence-corrected chi connectivity index (χ1v) is 20.9. The molecule has 0 aliphatic heterocycles. The van der Waals surface area contributed by atoms with Crippen LogP contribution in [0.4, 0.5) is 11.4 Å². The number of nitro groups is 2. The van der Waals surface area contributed by atoms with E-state index < -0.39 is 82.7 Å². The van der Waals surface area contributed by atoms with Crippen LogP contribution in [0.5, 0.6) is 0 Å². The zero-order chi connectivity index (χ0) is 48.8. The van der Waals surface area contributed by atoms with Crippen molar-refractivity contribution in [3.05, 3.63) is 114 Å². The number of nitro benzene ring substituents is 2. The van der Waals surface area contributed by atoms with Crippen LogP contribution in [0.3, 0.4) is 0 Å². The van der Waals surface area contributed by atoms with Gasteiger partial charge in [-0.2, -0.15) is 12.6 Å². The molecule has 3 heterocycles. The van der Waals surface area contributed by atoms with Crippen LogP contribution in [-0.2, 0) is 48.4 Å². The van der Waals surface area contributed by atoms with Gasteiger partial charge in [0.1, 0.15) is 25.2 Å². The number of nitrogens with zero attached hydrogens (tertiary/aromatic N) is 8. The summed E-state index contributed by atoms with van der Waals surface area (Å²) in [6.07, 6.45) is 4.20. The Morgan fingerprint density at radius 3 is 1.61 bits per heavy atom. The van der Waals surface area contributed by atoms with Crippen molar-refractivity contribution in [3.63, 3.8) is 0 Å². The lowest BCUT2D eigenvalue weighted by Crippen LogP contribution is -2.49. The van der Waals surface area contributed by atoms with Crippen molar-refractivity contribution in [1.82, 2.24) is 44.0 Å². The Kier molecular flexibility index (Phi) is 17.1. The fourth-order valence-corrected chi connectivity index (χ4v) is 6.88. The van der Waals surface area contributed by atoms with Gasteiger partial charge in [0.2, 0.25) is 35.4 Å². The lowest BCUT2D eigenvalue weighted by atomic mass is 10.2. The molecule has 25 nitrogen and oxygen atoms in total. The van der Waals surface area contributed by atoms with Crippen molar-refractivity contribution in [1.29, 1.82) is 0 Å². The average molecular weight is 944 g/mol. The molecule has 0 radical (unpaired) electrons. The number of thiol groups is 1. The largest absolute Gasteiger partial charge is 0.368 e. The number of hydrogen-bond acceptors (Lipinski definition) is 14. The highest BCUT2D eigenvalue weighted by atomic mass is 32.1. The van der Waals surface area contributed by atoms with Crippen LogP contribution in [0.25, 0.3) is 21.8 Å². The van der Waals surface area contributed by atoms with Crippen molar-refractivity contribution in [3.8, 4) is 11.8 Å². The molecular formula is C41H45N13O12S. The molecule has 5 rings (SSSR count). The maximum atomic E-state index is 13.7. The summed E-state index contributed by atoms with van der Waals surface area (Å²) in [6.45, 7) is -3.71. The number of amides is 6. The Labute approximate surface area is 384 Å². The molecule has 0 bridgehead atoms. The van der Waals surface area contributed by atoms with Crippen molar-refractivity contribution in [2.75, 3.05) is 64.7 Å². The maximum absolute atomic E-state index is 13.7. The quantitative estimate of drug-likeness (QED) is 0.0192. The number of primary amides is 1. The maximum Gasteiger partial charge on any atom is 0.328 e. The first-order valence-electron chi connectivity index (χ1n) is 20.2. The van der Waals surface area contributed by atoms with Gasteiger partial charge >= 0.3 is 5.69 Å². The summed E-state index contributed by atoms with van der Waals surface area (Å²) in [5.41, 5.74) is 10.1. The molecule has 0 fully saturated rings. The van der Waals surface area contributed by atoms with Gasteiger partial charge < -0.3 is 45.9 Å². The van der Waals surface area contributed by atoms with Crippen molar-refractivity contribution < 1.29 is 38.6 Å². The van der Waals surface area contributed by atoms with Crippen LogP contribution in [0.2, 0.25) is 0 Å². The van der Waals surface area contributed by atoms with E-state index in [9.17, 15) is 58.6 Å². The summed E-state index contributed by atoms with van der Waals surface area (Å²) in [7, 11) is 0. The number of benzene rings is 2. The van der Waals surface area contributed by atoms with E-state index in [4.69, 9.17) is 11.5 Å². The number of aromatic nitrogens is 4. The molecule has 352 valence electrons. The van der Waals surface area contributed by atoms with E-state index in [2.05, 4.69) is 40.1 Å². The average Bonchev–Trinajstić information content (AvgIpc) is 3.88. The lowest BCUT2D eigenvalue weighted by Gasteiger charge is -2.25. The van der Waals surface area contributed by atoms with E-state index in [1.165, 1.54) is 45.9 Å². The van der Waals surface area contributed by atoms with Crippen molar-refractivity contribution >= 4 is 81.3 Å². The summed E-state index contributed by atoms with van der Waals surface area (Å²) < 4.78 is 3.97. The smallest absolute Gasteiger partial charge is 0.328 e. The summed E-state index contributed by atoms with van der Waals surface area (Å²) >= 11 is 3.98. The Hall–Kier alpha value is -8.31. The molecular weight excluding hydrogens is 899 g/mol. The SMILES string of the molecule is NCCN(CC(=O)NCCN(CC(=O)NCCN(CC(N)=O)C(=O)Cn1ccc2cc([N+](=O)[O-])ccc21)C(=O)Cn1cc(C#CCS)c(=O)[nH]c1=O)C(=O)Cn1ccc2cc([N+](=O)[O-])ccc21. The predicted molar refractivity (Wildman–Crippen MR) is 243 cm³/mol. The van der Waals surface area contributed by atoms with Crippen molar-refractivity contribution in [2.24, 2.45) is 11.5 Å². The van der Waals surface area contributed by atoms with Crippen LogP contribution in [-0.4, -0.2) is 143 Å². The van der Waals surface area contributed by atoms with Gasteiger partial charge in [0.15, 0.2) is 0 Å². The molecule has 26 heteroatoms. The number of hydrogen-bond donors (Lipinski definition) is 6. The standard InChI is InChI=1S/C41H45N13O12S/c42-9-14-49(37(58)24-47-12-7-27-18-30(53(63)64)3-5-32(27)47)22-35(56)45-11-16-51(39(60)26-52-20-29(2-1-17-67)40(61)46-41(52)62)23-36(57)44-10-15-50(21-34(43)55)38(59)25-48-13-8-28-19-31(54(65)66)4-6-33(28)48/h3-8,12-13,18-20,67H,9-11,14-17,21-26,42H2,(H2,43,55)(H,44,57)(H,45,56)(H,46,61,62). The molecule has 0 unspecified atom stereocenters. The van der Waals surface area contributed by atoms with E-state index in [1.807, 2.05) is 0 Å². The van der Waals surface area contributed by atoms with E-state index in [1.54, 1.807) is 29.1 Å². The van der Waals surface area contributed by atoms with Gasteiger partial charge in [-0.1, -0.05) is 11.8 Å². The monoisotopic (exact) mass is 943 g/mol. The summed E-state index contributed by atoms with van der Waals surface area (Å²) in [5.74, 6) is 1.11. The highest BCUT2D eigenvalue weighted by molar-refractivity contribution is 7.80. The molecule has 0 spiro atoms. The molecule has 0 saturated carbocycles. The van der Waals surface area contributed by atoms with E-state index >= 15 is 0 Å². The fraction of sp³-hybridized carbons (Fsp3) is 0.317. The normalized spacial score (nSPS) is 10.8. The van der Waals surface area contributed by atoms with Gasteiger partial charge in [-0.15, -0.1) is 0 Å². The van der Waals surface area contributed by atoms with E-state index in [0.717, 1.165) is 20.6 Å². The highest BCUT2D eigenvalue weighted by Gasteiger charge is 2.23. The fourth-order valence-electron chi connectivity index (χ4n) is 6.80. The van der Waals surface area contributed by atoms with Gasteiger partial charge in [-0.25, -0.2) is 4.79 Å². The van der Waals surface area contributed by atoms with Crippen molar-refractivity contribution in [2.45, 2.75) is 19.6 Å². The third-order valence-corrected chi connectivity index (χ3v) is 10.2. The zero-order valence-electron chi connectivity index (χ0n) is 35.6. The van der Waals surface area contributed by atoms with Crippen LogP contribution in [0, 0.1) is 32.1 Å². The molecule has 5 aromatic rings. The number of nitrogens with one attached hydrogen (secondary N) is 3. The van der Waals surface area contributed by atoms with Gasteiger partial charge in [-0.05, 0) is 24.3 Å². The molecule has 7 N–H and O–H groups in total.